The molecule has 1 amide bonds. The van der Waals surface area contributed by atoms with Gasteiger partial charge in [0.25, 0.3) is 11.5 Å². The maximum Gasteiger partial charge on any atom is 0.275 e. The first-order valence-corrected chi connectivity index (χ1v) is 7.62. The lowest BCUT2D eigenvalue weighted by molar-refractivity contribution is 0.0527. The second kappa shape index (κ2) is 5.88. The second-order valence-corrected chi connectivity index (χ2v) is 5.87. The fourth-order valence-electron chi connectivity index (χ4n) is 3.27. The molecule has 1 aromatic carbocycles. The summed E-state index contributed by atoms with van der Waals surface area (Å²) in [5.41, 5.74) is 5.88. The molecule has 6 nitrogen and oxygen atoms in total. The van der Waals surface area contributed by atoms with Crippen LogP contribution in [0.2, 0.25) is 0 Å². The molecule has 2 aromatic rings. The fraction of sp³-hybridized carbons (Fsp3) is 0.438. The molecule has 3 rings (SSSR count). The van der Waals surface area contributed by atoms with Gasteiger partial charge in [-0.25, -0.2) is 5.10 Å². The number of carbonyl (C=O) groups is 1. The van der Waals surface area contributed by atoms with Gasteiger partial charge in [-0.3, -0.25) is 9.59 Å². The standard InChI is InChI=1S/C16H20N4O2/c1-10-5-4-8-20(13(10)9-17)16(22)14-11-6-2-3-7-12(11)15(21)19-18-14/h2-3,6-7,10,13H,4-5,8-9,17H2,1H3,(H,19,21)/t10-,13+/m0/s1. The summed E-state index contributed by atoms with van der Waals surface area (Å²) in [6.45, 7) is 3.24. The van der Waals surface area contributed by atoms with E-state index in [2.05, 4.69) is 17.1 Å². The molecule has 0 radical (unpaired) electrons. The van der Waals surface area contributed by atoms with Crippen molar-refractivity contribution in [1.82, 2.24) is 15.1 Å². The Morgan fingerprint density at radius 1 is 1.41 bits per heavy atom. The molecule has 2 atom stereocenters. The van der Waals surface area contributed by atoms with Crippen molar-refractivity contribution >= 4 is 16.7 Å². The number of rotatable bonds is 2. The van der Waals surface area contributed by atoms with E-state index < -0.39 is 0 Å². The van der Waals surface area contributed by atoms with Crippen LogP contribution in [0.3, 0.4) is 0 Å². The molecular weight excluding hydrogens is 280 g/mol. The quantitative estimate of drug-likeness (QED) is 0.869. The molecule has 0 spiro atoms. The smallest absolute Gasteiger partial charge is 0.275 e. The summed E-state index contributed by atoms with van der Waals surface area (Å²) in [6.07, 6.45) is 2.04. The number of nitrogens with zero attached hydrogens (tertiary/aromatic N) is 2. The molecule has 6 heteroatoms. The van der Waals surface area contributed by atoms with Crippen molar-refractivity contribution in [2.45, 2.75) is 25.8 Å². The van der Waals surface area contributed by atoms with Crippen LogP contribution >= 0.6 is 0 Å². The summed E-state index contributed by atoms with van der Waals surface area (Å²) in [5.74, 6) is 0.214. The van der Waals surface area contributed by atoms with Gasteiger partial charge >= 0.3 is 0 Å². The summed E-state index contributed by atoms with van der Waals surface area (Å²) < 4.78 is 0. The lowest BCUT2D eigenvalue weighted by atomic mass is 9.90. The number of hydrogen-bond donors (Lipinski definition) is 2. The van der Waals surface area contributed by atoms with Gasteiger partial charge in [-0.1, -0.05) is 25.1 Å². The van der Waals surface area contributed by atoms with Crippen LogP contribution in [0.1, 0.15) is 30.3 Å². The van der Waals surface area contributed by atoms with E-state index in [1.165, 1.54) is 0 Å². The van der Waals surface area contributed by atoms with Crippen LogP contribution in [-0.2, 0) is 0 Å². The SMILES string of the molecule is C[C@H]1CCCN(C(=O)c2n[nH]c(=O)c3ccccc23)[C@@H]1CN. The predicted molar refractivity (Wildman–Crippen MR) is 84.6 cm³/mol. The molecule has 1 aliphatic rings. The summed E-state index contributed by atoms with van der Waals surface area (Å²) in [4.78, 5) is 26.6. The van der Waals surface area contributed by atoms with E-state index in [-0.39, 0.29) is 17.5 Å². The lowest BCUT2D eigenvalue weighted by Gasteiger charge is -2.39. The van der Waals surface area contributed by atoms with Crippen LogP contribution < -0.4 is 11.3 Å². The number of hydrogen-bond acceptors (Lipinski definition) is 4. The number of nitrogens with one attached hydrogen (secondary N) is 1. The average Bonchev–Trinajstić information content (AvgIpc) is 2.54. The third kappa shape index (κ3) is 2.39. The fourth-order valence-corrected chi connectivity index (χ4v) is 3.27. The minimum atomic E-state index is -0.283. The maximum atomic E-state index is 12.9. The van der Waals surface area contributed by atoms with Gasteiger partial charge < -0.3 is 10.6 Å². The Labute approximate surface area is 128 Å². The normalized spacial score (nSPS) is 22.0. The number of carbonyl (C=O) groups excluding carboxylic acids is 1. The summed E-state index contributed by atoms with van der Waals surface area (Å²) >= 11 is 0. The summed E-state index contributed by atoms with van der Waals surface area (Å²) in [6, 6.07) is 7.06. The molecule has 0 aliphatic carbocycles. The zero-order chi connectivity index (χ0) is 15.7. The number of fused-ring (bicyclic) bond motifs is 1. The lowest BCUT2D eigenvalue weighted by Crippen LogP contribution is -2.51. The van der Waals surface area contributed by atoms with Crippen molar-refractivity contribution in [3.05, 3.63) is 40.3 Å². The molecule has 1 fully saturated rings. The van der Waals surface area contributed by atoms with Crippen molar-refractivity contribution < 1.29 is 4.79 Å². The second-order valence-electron chi connectivity index (χ2n) is 5.87. The highest BCUT2D eigenvalue weighted by Gasteiger charge is 2.32. The number of nitrogens with two attached hydrogens (primary N) is 1. The highest BCUT2D eigenvalue weighted by Crippen LogP contribution is 2.25. The van der Waals surface area contributed by atoms with Gasteiger partial charge in [-0.2, -0.15) is 5.10 Å². The monoisotopic (exact) mass is 300 g/mol. The van der Waals surface area contributed by atoms with Crippen molar-refractivity contribution in [3.63, 3.8) is 0 Å². The molecule has 22 heavy (non-hydrogen) atoms. The number of aromatic nitrogens is 2. The Morgan fingerprint density at radius 2 is 2.14 bits per heavy atom. The van der Waals surface area contributed by atoms with Crippen molar-refractivity contribution in [2.75, 3.05) is 13.1 Å². The number of amides is 1. The van der Waals surface area contributed by atoms with Gasteiger partial charge in [0.15, 0.2) is 5.69 Å². The average molecular weight is 300 g/mol. The molecule has 1 aliphatic heterocycles. The van der Waals surface area contributed by atoms with E-state index in [4.69, 9.17) is 5.73 Å². The van der Waals surface area contributed by atoms with E-state index in [0.717, 1.165) is 12.8 Å². The summed E-state index contributed by atoms with van der Waals surface area (Å²) in [5, 5.41) is 7.50. The Bertz CT molecular complexity index is 755. The van der Waals surface area contributed by atoms with Crippen LogP contribution in [-0.4, -0.2) is 40.1 Å². The Morgan fingerprint density at radius 3 is 2.86 bits per heavy atom. The first-order valence-electron chi connectivity index (χ1n) is 7.62. The molecule has 1 saturated heterocycles. The van der Waals surface area contributed by atoms with Crippen LogP contribution in [0.5, 0.6) is 0 Å². The van der Waals surface area contributed by atoms with Crippen LogP contribution in [0.15, 0.2) is 29.1 Å². The van der Waals surface area contributed by atoms with Crippen molar-refractivity contribution in [3.8, 4) is 0 Å². The molecule has 2 heterocycles. The third-order valence-electron chi connectivity index (χ3n) is 4.52. The molecular formula is C16H20N4O2. The number of aromatic amines is 1. The first-order chi connectivity index (χ1) is 10.6. The van der Waals surface area contributed by atoms with E-state index in [1.807, 2.05) is 0 Å². The topological polar surface area (TPSA) is 92.1 Å². The number of benzene rings is 1. The van der Waals surface area contributed by atoms with Gasteiger partial charge in [0, 0.05) is 24.5 Å². The molecule has 0 saturated carbocycles. The van der Waals surface area contributed by atoms with E-state index >= 15 is 0 Å². The minimum absolute atomic E-state index is 0.0220. The molecule has 0 bridgehead atoms. The zero-order valence-electron chi connectivity index (χ0n) is 12.6. The van der Waals surface area contributed by atoms with Gasteiger partial charge in [0.1, 0.15) is 0 Å². The third-order valence-corrected chi connectivity index (χ3v) is 4.52. The van der Waals surface area contributed by atoms with Crippen molar-refractivity contribution in [2.24, 2.45) is 11.7 Å². The molecule has 0 unspecified atom stereocenters. The number of likely N-dealkylation sites (tertiary alicyclic amines) is 1. The molecule has 3 N–H and O–H groups in total. The first kappa shape index (κ1) is 14.7. The number of H-pyrrole nitrogens is 1. The number of piperidine rings is 1. The van der Waals surface area contributed by atoms with Crippen LogP contribution in [0.25, 0.3) is 10.8 Å². The predicted octanol–water partition coefficient (Wildman–Crippen LogP) is 1.12. The van der Waals surface area contributed by atoms with Gasteiger partial charge in [-0.15, -0.1) is 0 Å². The van der Waals surface area contributed by atoms with Crippen LogP contribution in [0, 0.1) is 5.92 Å². The van der Waals surface area contributed by atoms with Gasteiger partial charge in [0.05, 0.1) is 5.39 Å². The maximum absolute atomic E-state index is 12.9. The minimum Gasteiger partial charge on any atom is -0.333 e. The largest absolute Gasteiger partial charge is 0.333 e. The Kier molecular flexibility index (Phi) is 3.94. The highest BCUT2D eigenvalue weighted by atomic mass is 16.2. The Hall–Kier alpha value is -2.21. The molecule has 1 aromatic heterocycles. The molecule has 116 valence electrons. The Balaban J connectivity index is 2.05. The van der Waals surface area contributed by atoms with E-state index in [9.17, 15) is 9.59 Å². The van der Waals surface area contributed by atoms with Crippen LogP contribution in [0.4, 0.5) is 0 Å². The van der Waals surface area contributed by atoms with E-state index in [0.29, 0.717) is 35.5 Å². The highest BCUT2D eigenvalue weighted by molar-refractivity contribution is 6.04. The zero-order valence-corrected chi connectivity index (χ0v) is 12.6. The van der Waals surface area contributed by atoms with Crippen molar-refractivity contribution in [1.29, 1.82) is 0 Å². The summed E-state index contributed by atoms with van der Waals surface area (Å²) in [7, 11) is 0. The van der Waals surface area contributed by atoms with Gasteiger partial charge in [0.2, 0.25) is 0 Å². The van der Waals surface area contributed by atoms with Gasteiger partial charge in [-0.05, 0) is 24.8 Å². The van der Waals surface area contributed by atoms with E-state index in [1.54, 1.807) is 29.2 Å².